The topological polar surface area (TPSA) is 58.6 Å². The van der Waals surface area contributed by atoms with Crippen molar-refractivity contribution >= 4 is 11.1 Å². The molecule has 5 heteroatoms. The molecule has 1 fully saturated rings. The number of ether oxygens (including phenoxy) is 1. The third-order valence-electron chi connectivity index (χ3n) is 2.98. The molecular weight excluding hydrogens is 238 g/mol. The lowest BCUT2D eigenvalue weighted by Crippen LogP contribution is -2.40. The summed E-state index contributed by atoms with van der Waals surface area (Å²) in [4.78, 5) is 0. The van der Waals surface area contributed by atoms with E-state index in [0.29, 0.717) is 13.2 Å². The van der Waals surface area contributed by atoms with Crippen LogP contribution in [0.3, 0.4) is 0 Å². The molecule has 0 bridgehead atoms. The Bertz CT molecular complexity index is 377. The third kappa shape index (κ3) is 3.61. The predicted octanol–water partition coefficient (Wildman–Crippen LogP) is 1.16. The minimum absolute atomic E-state index is 0.173. The summed E-state index contributed by atoms with van der Waals surface area (Å²) in [6.07, 6.45) is 0.784. The highest BCUT2D eigenvalue weighted by molar-refractivity contribution is 7.79. The Morgan fingerprint density at radius 2 is 2.18 bits per heavy atom. The normalized spacial score (nSPS) is 25.9. The van der Waals surface area contributed by atoms with E-state index < -0.39 is 16.7 Å². The third-order valence-corrected chi connectivity index (χ3v) is 3.75. The Morgan fingerprint density at radius 3 is 2.76 bits per heavy atom. The van der Waals surface area contributed by atoms with Crippen molar-refractivity contribution in [1.29, 1.82) is 0 Å². The highest BCUT2D eigenvalue weighted by Crippen LogP contribution is 2.22. The summed E-state index contributed by atoms with van der Waals surface area (Å²) in [7, 11) is 0. The van der Waals surface area contributed by atoms with E-state index in [2.05, 4.69) is 5.32 Å². The van der Waals surface area contributed by atoms with Gasteiger partial charge in [0.1, 0.15) is 0 Å². The zero-order valence-electron chi connectivity index (χ0n) is 9.59. The molecule has 1 aromatic carbocycles. The van der Waals surface area contributed by atoms with E-state index in [1.165, 1.54) is 0 Å². The minimum Gasteiger partial charge on any atom is -0.368 e. The van der Waals surface area contributed by atoms with Crippen molar-refractivity contribution in [3.05, 3.63) is 35.9 Å². The van der Waals surface area contributed by atoms with Gasteiger partial charge in [-0.2, -0.15) is 0 Å². The number of nitrogens with one attached hydrogen (secondary N) is 1. The molecule has 2 N–H and O–H groups in total. The van der Waals surface area contributed by atoms with Crippen LogP contribution in [0.1, 0.15) is 12.0 Å². The van der Waals surface area contributed by atoms with E-state index in [-0.39, 0.29) is 5.75 Å². The van der Waals surface area contributed by atoms with Gasteiger partial charge in [0.05, 0.1) is 18.0 Å². The summed E-state index contributed by atoms with van der Waals surface area (Å²) in [5.74, 6) is 0.173. The van der Waals surface area contributed by atoms with Crippen molar-refractivity contribution in [1.82, 2.24) is 5.32 Å². The predicted molar refractivity (Wildman–Crippen MR) is 67.1 cm³/mol. The lowest BCUT2D eigenvalue weighted by molar-refractivity contribution is -0.0253. The molecule has 17 heavy (non-hydrogen) atoms. The standard InChI is InChI=1S/C12H17NO3S/c14-17(15)10-12(6-7-13-9-12)16-8-11-4-2-1-3-5-11/h1-5,13H,6-10H2,(H,14,15). The second-order valence-corrected chi connectivity index (χ2v) is 5.28. The number of hydrogen-bond donors (Lipinski definition) is 2. The van der Waals surface area contributed by atoms with Gasteiger partial charge in [-0.15, -0.1) is 0 Å². The SMILES string of the molecule is O=S(O)CC1(OCc2ccccc2)CCNC1. The van der Waals surface area contributed by atoms with E-state index in [0.717, 1.165) is 18.5 Å². The van der Waals surface area contributed by atoms with Gasteiger partial charge in [-0.3, -0.25) is 0 Å². The molecule has 2 atom stereocenters. The first-order chi connectivity index (χ1) is 8.20. The molecule has 0 amide bonds. The van der Waals surface area contributed by atoms with Crippen LogP contribution >= 0.6 is 0 Å². The lowest BCUT2D eigenvalue weighted by atomic mass is 10.1. The average molecular weight is 255 g/mol. The fourth-order valence-electron chi connectivity index (χ4n) is 2.04. The maximum Gasteiger partial charge on any atom is 0.155 e. The maximum absolute atomic E-state index is 11.0. The summed E-state index contributed by atoms with van der Waals surface area (Å²) >= 11 is -1.82. The van der Waals surface area contributed by atoms with Gasteiger partial charge in [0.15, 0.2) is 11.1 Å². The highest BCUT2D eigenvalue weighted by Gasteiger charge is 2.36. The Kier molecular flexibility index (Phi) is 4.28. The fraction of sp³-hybridized carbons (Fsp3) is 0.500. The van der Waals surface area contributed by atoms with Crippen LogP contribution in [-0.2, 0) is 22.4 Å². The smallest absolute Gasteiger partial charge is 0.155 e. The van der Waals surface area contributed by atoms with Gasteiger partial charge in [0.25, 0.3) is 0 Å². The van der Waals surface area contributed by atoms with Crippen LogP contribution in [0.2, 0.25) is 0 Å². The lowest BCUT2D eigenvalue weighted by Gasteiger charge is -2.27. The van der Waals surface area contributed by atoms with Crippen molar-refractivity contribution < 1.29 is 13.5 Å². The van der Waals surface area contributed by atoms with Crippen LogP contribution in [-0.4, -0.2) is 33.2 Å². The molecule has 1 heterocycles. The quantitative estimate of drug-likeness (QED) is 0.775. The van der Waals surface area contributed by atoms with Crippen LogP contribution in [0.4, 0.5) is 0 Å². The van der Waals surface area contributed by atoms with Gasteiger partial charge in [0.2, 0.25) is 0 Å². The number of benzene rings is 1. The summed E-state index contributed by atoms with van der Waals surface area (Å²) in [6.45, 7) is 1.97. The van der Waals surface area contributed by atoms with E-state index in [4.69, 9.17) is 9.29 Å². The second-order valence-electron chi connectivity index (χ2n) is 4.35. The molecule has 0 spiro atoms. The van der Waals surface area contributed by atoms with Crippen molar-refractivity contribution in [3.63, 3.8) is 0 Å². The van der Waals surface area contributed by atoms with Crippen LogP contribution in [0.25, 0.3) is 0 Å². The number of rotatable bonds is 5. The van der Waals surface area contributed by atoms with Gasteiger partial charge in [-0.25, -0.2) is 4.21 Å². The molecule has 2 unspecified atom stereocenters. The Morgan fingerprint density at radius 1 is 1.41 bits per heavy atom. The molecule has 0 aliphatic carbocycles. The van der Waals surface area contributed by atoms with Gasteiger partial charge in [0, 0.05) is 6.54 Å². The highest BCUT2D eigenvalue weighted by atomic mass is 32.2. The second kappa shape index (κ2) is 5.73. The summed E-state index contributed by atoms with van der Waals surface area (Å²) < 4.78 is 25.9. The molecule has 0 aromatic heterocycles. The maximum atomic E-state index is 11.0. The van der Waals surface area contributed by atoms with Gasteiger partial charge >= 0.3 is 0 Å². The molecule has 94 valence electrons. The molecule has 1 saturated heterocycles. The zero-order valence-corrected chi connectivity index (χ0v) is 10.4. The molecular formula is C12H17NO3S. The fourth-order valence-corrected chi connectivity index (χ4v) is 2.82. The summed E-state index contributed by atoms with van der Waals surface area (Å²) in [6, 6.07) is 9.86. The molecule has 0 saturated carbocycles. The van der Waals surface area contributed by atoms with Crippen LogP contribution in [0.5, 0.6) is 0 Å². The zero-order chi connectivity index (χ0) is 12.1. The molecule has 1 aliphatic heterocycles. The molecule has 1 aromatic rings. The van der Waals surface area contributed by atoms with Crippen LogP contribution in [0.15, 0.2) is 30.3 Å². The van der Waals surface area contributed by atoms with E-state index in [9.17, 15) is 4.21 Å². The first kappa shape index (κ1) is 12.7. The minimum atomic E-state index is -1.82. The van der Waals surface area contributed by atoms with Crippen molar-refractivity contribution in [3.8, 4) is 0 Å². The van der Waals surface area contributed by atoms with Crippen molar-refractivity contribution in [2.75, 3.05) is 18.8 Å². The molecule has 4 nitrogen and oxygen atoms in total. The summed E-state index contributed by atoms with van der Waals surface area (Å²) in [5.41, 5.74) is 0.595. The van der Waals surface area contributed by atoms with E-state index >= 15 is 0 Å². The Hall–Kier alpha value is -0.750. The van der Waals surface area contributed by atoms with Crippen molar-refractivity contribution in [2.45, 2.75) is 18.6 Å². The van der Waals surface area contributed by atoms with Gasteiger partial charge in [-0.1, -0.05) is 30.3 Å². The first-order valence-electron chi connectivity index (χ1n) is 5.66. The monoisotopic (exact) mass is 255 g/mol. The average Bonchev–Trinajstić information content (AvgIpc) is 2.76. The molecule has 2 rings (SSSR count). The molecule has 0 radical (unpaired) electrons. The Labute approximate surface area is 104 Å². The van der Waals surface area contributed by atoms with Crippen LogP contribution < -0.4 is 5.32 Å². The van der Waals surface area contributed by atoms with Gasteiger partial charge in [-0.05, 0) is 18.5 Å². The van der Waals surface area contributed by atoms with Gasteiger partial charge < -0.3 is 14.6 Å². The van der Waals surface area contributed by atoms with Crippen LogP contribution in [0, 0.1) is 0 Å². The summed E-state index contributed by atoms with van der Waals surface area (Å²) in [5, 5.41) is 3.18. The largest absolute Gasteiger partial charge is 0.368 e. The van der Waals surface area contributed by atoms with Crippen molar-refractivity contribution in [2.24, 2.45) is 0 Å². The Balaban J connectivity index is 1.96. The van der Waals surface area contributed by atoms with E-state index in [1.54, 1.807) is 0 Å². The van der Waals surface area contributed by atoms with E-state index in [1.807, 2.05) is 30.3 Å². The number of hydrogen-bond acceptors (Lipinski definition) is 3. The molecule has 1 aliphatic rings. The first-order valence-corrected chi connectivity index (χ1v) is 6.94.